The summed E-state index contributed by atoms with van der Waals surface area (Å²) in [5, 5.41) is 2.07. The average molecular weight is 281 g/mol. The SMILES string of the molecule is CC(C)CC(=O)N(Cc1cccs1)C1CCOCC1. The van der Waals surface area contributed by atoms with E-state index in [9.17, 15) is 4.79 Å². The van der Waals surface area contributed by atoms with Gasteiger partial charge in [-0.05, 0) is 30.2 Å². The highest BCUT2D eigenvalue weighted by Crippen LogP contribution is 2.21. The number of carbonyl (C=O) groups is 1. The molecule has 1 amide bonds. The average Bonchev–Trinajstić information content (AvgIpc) is 2.89. The molecule has 1 fully saturated rings. The van der Waals surface area contributed by atoms with Crippen LogP contribution in [0.2, 0.25) is 0 Å². The Bertz CT molecular complexity index is 383. The number of amides is 1. The van der Waals surface area contributed by atoms with Gasteiger partial charge in [0.05, 0.1) is 6.54 Å². The molecule has 1 aliphatic heterocycles. The molecule has 0 bridgehead atoms. The quantitative estimate of drug-likeness (QED) is 0.828. The molecule has 19 heavy (non-hydrogen) atoms. The number of carbonyl (C=O) groups excluding carboxylic acids is 1. The molecule has 0 atom stereocenters. The van der Waals surface area contributed by atoms with Gasteiger partial charge in [-0.2, -0.15) is 0 Å². The standard InChI is InChI=1S/C15H23NO2S/c1-12(2)10-15(17)16(11-14-4-3-9-19-14)13-5-7-18-8-6-13/h3-4,9,12-13H,5-8,10-11H2,1-2H3. The highest BCUT2D eigenvalue weighted by atomic mass is 32.1. The summed E-state index contributed by atoms with van der Waals surface area (Å²) < 4.78 is 5.41. The Kier molecular flexibility index (Phi) is 5.40. The summed E-state index contributed by atoms with van der Waals surface area (Å²) in [7, 11) is 0. The fourth-order valence-corrected chi connectivity index (χ4v) is 3.16. The molecular formula is C15H23NO2S. The second-order valence-electron chi connectivity index (χ2n) is 5.54. The first-order valence-electron chi connectivity index (χ1n) is 7.06. The maximum atomic E-state index is 12.5. The van der Waals surface area contributed by atoms with Crippen LogP contribution in [0.25, 0.3) is 0 Å². The summed E-state index contributed by atoms with van der Waals surface area (Å²) in [4.78, 5) is 15.8. The Morgan fingerprint density at radius 3 is 2.79 bits per heavy atom. The second-order valence-corrected chi connectivity index (χ2v) is 6.57. The highest BCUT2D eigenvalue weighted by Gasteiger charge is 2.26. The number of hydrogen-bond donors (Lipinski definition) is 0. The van der Waals surface area contributed by atoms with Crippen LogP contribution in [-0.2, 0) is 16.1 Å². The van der Waals surface area contributed by atoms with Crippen LogP contribution in [0, 0.1) is 5.92 Å². The smallest absolute Gasteiger partial charge is 0.223 e. The van der Waals surface area contributed by atoms with E-state index >= 15 is 0 Å². The van der Waals surface area contributed by atoms with Gasteiger partial charge in [-0.15, -0.1) is 11.3 Å². The molecule has 0 spiro atoms. The van der Waals surface area contributed by atoms with Gasteiger partial charge in [0.1, 0.15) is 0 Å². The van der Waals surface area contributed by atoms with Gasteiger partial charge in [0, 0.05) is 30.6 Å². The summed E-state index contributed by atoms with van der Waals surface area (Å²) in [6.45, 7) is 6.52. The molecule has 106 valence electrons. The Balaban J connectivity index is 2.05. The minimum atomic E-state index is 0.287. The monoisotopic (exact) mass is 281 g/mol. The van der Waals surface area contributed by atoms with Crippen molar-refractivity contribution in [2.45, 2.75) is 45.7 Å². The maximum Gasteiger partial charge on any atom is 0.223 e. The van der Waals surface area contributed by atoms with E-state index in [2.05, 4.69) is 36.3 Å². The van der Waals surface area contributed by atoms with Crippen LogP contribution < -0.4 is 0 Å². The third-order valence-electron chi connectivity index (χ3n) is 3.44. The zero-order valence-electron chi connectivity index (χ0n) is 11.8. The predicted octanol–water partition coefficient (Wildman–Crippen LogP) is 3.30. The number of thiophene rings is 1. The summed E-state index contributed by atoms with van der Waals surface area (Å²) in [6, 6.07) is 4.51. The van der Waals surface area contributed by atoms with E-state index in [-0.39, 0.29) is 5.91 Å². The molecule has 4 heteroatoms. The third kappa shape index (κ3) is 4.32. The van der Waals surface area contributed by atoms with Gasteiger partial charge < -0.3 is 9.64 Å². The van der Waals surface area contributed by atoms with Crippen molar-refractivity contribution in [1.82, 2.24) is 4.90 Å². The third-order valence-corrected chi connectivity index (χ3v) is 4.30. The minimum absolute atomic E-state index is 0.287. The Hall–Kier alpha value is -0.870. The lowest BCUT2D eigenvalue weighted by Gasteiger charge is -2.34. The van der Waals surface area contributed by atoms with Crippen molar-refractivity contribution in [1.29, 1.82) is 0 Å². The van der Waals surface area contributed by atoms with Crippen molar-refractivity contribution in [3.8, 4) is 0 Å². The lowest BCUT2D eigenvalue weighted by molar-refractivity contribution is -0.137. The van der Waals surface area contributed by atoms with Gasteiger partial charge in [-0.25, -0.2) is 0 Å². The molecular weight excluding hydrogens is 258 g/mol. The van der Waals surface area contributed by atoms with Gasteiger partial charge in [0.25, 0.3) is 0 Å². The molecule has 1 aliphatic rings. The first-order chi connectivity index (χ1) is 9.16. The molecule has 1 saturated heterocycles. The molecule has 1 aromatic rings. The summed E-state index contributed by atoms with van der Waals surface area (Å²) >= 11 is 1.73. The van der Waals surface area contributed by atoms with Crippen LogP contribution in [0.15, 0.2) is 17.5 Å². The van der Waals surface area contributed by atoms with Crippen molar-refractivity contribution >= 4 is 17.2 Å². The summed E-state index contributed by atoms with van der Waals surface area (Å²) in [5.41, 5.74) is 0. The van der Waals surface area contributed by atoms with Gasteiger partial charge in [-0.3, -0.25) is 4.79 Å². The van der Waals surface area contributed by atoms with Gasteiger partial charge in [0.2, 0.25) is 5.91 Å². The number of ether oxygens (including phenoxy) is 1. The van der Waals surface area contributed by atoms with Crippen LogP contribution in [0.4, 0.5) is 0 Å². The fourth-order valence-electron chi connectivity index (χ4n) is 2.45. The molecule has 3 nitrogen and oxygen atoms in total. The lowest BCUT2D eigenvalue weighted by Crippen LogP contribution is -2.43. The molecule has 1 aromatic heterocycles. The van der Waals surface area contributed by atoms with Crippen molar-refractivity contribution in [2.75, 3.05) is 13.2 Å². The van der Waals surface area contributed by atoms with Crippen LogP contribution in [0.3, 0.4) is 0 Å². The molecule has 0 aromatic carbocycles. The minimum Gasteiger partial charge on any atom is -0.381 e. The zero-order valence-corrected chi connectivity index (χ0v) is 12.6. The zero-order chi connectivity index (χ0) is 13.7. The van der Waals surface area contributed by atoms with Gasteiger partial charge in [0.15, 0.2) is 0 Å². The Morgan fingerprint density at radius 1 is 1.47 bits per heavy atom. The van der Waals surface area contributed by atoms with E-state index in [1.807, 2.05) is 0 Å². The van der Waals surface area contributed by atoms with Crippen LogP contribution >= 0.6 is 11.3 Å². The van der Waals surface area contributed by atoms with E-state index < -0.39 is 0 Å². The first kappa shape index (κ1) is 14.5. The number of hydrogen-bond acceptors (Lipinski definition) is 3. The number of nitrogens with zero attached hydrogens (tertiary/aromatic N) is 1. The lowest BCUT2D eigenvalue weighted by atomic mass is 10.0. The molecule has 0 radical (unpaired) electrons. The van der Waals surface area contributed by atoms with E-state index in [0.29, 0.717) is 18.4 Å². The predicted molar refractivity (Wildman–Crippen MR) is 78.2 cm³/mol. The van der Waals surface area contributed by atoms with Crippen molar-refractivity contribution in [3.05, 3.63) is 22.4 Å². The van der Waals surface area contributed by atoms with E-state index in [0.717, 1.165) is 32.6 Å². The maximum absolute atomic E-state index is 12.5. The van der Waals surface area contributed by atoms with Crippen LogP contribution in [0.5, 0.6) is 0 Å². The first-order valence-corrected chi connectivity index (χ1v) is 7.94. The van der Waals surface area contributed by atoms with Crippen LogP contribution in [-0.4, -0.2) is 30.1 Å². The van der Waals surface area contributed by atoms with E-state index in [4.69, 9.17) is 4.74 Å². The van der Waals surface area contributed by atoms with Crippen molar-refractivity contribution in [2.24, 2.45) is 5.92 Å². The Morgan fingerprint density at radius 2 is 2.21 bits per heavy atom. The largest absolute Gasteiger partial charge is 0.381 e. The van der Waals surface area contributed by atoms with Gasteiger partial charge >= 0.3 is 0 Å². The highest BCUT2D eigenvalue weighted by molar-refractivity contribution is 7.09. The molecule has 0 unspecified atom stereocenters. The second kappa shape index (κ2) is 7.06. The molecule has 0 N–H and O–H groups in total. The Labute approximate surface area is 119 Å². The summed E-state index contributed by atoms with van der Waals surface area (Å²) in [6.07, 6.45) is 2.58. The molecule has 2 rings (SSSR count). The van der Waals surface area contributed by atoms with Crippen molar-refractivity contribution in [3.63, 3.8) is 0 Å². The van der Waals surface area contributed by atoms with Crippen LogP contribution in [0.1, 0.15) is 38.0 Å². The molecule has 0 aliphatic carbocycles. The van der Waals surface area contributed by atoms with E-state index in [1.54, 1.807) is 11.3 Å². The normalized spacial score (nSPS) is 16.8. The fraction of sp³-hybridized carbons (Fsp3) is 0.667. The molecule has 2 heterocycles. The number of rotatable bonds is 5. The summed E-state index contributed by atoms with van der Waals surface area (Å²) in [5.74, 6) is 0.702. The van der Waals surface area contributed by atoms with E-state index in [1.165, 1.54) is 4.88 Å². The topological polar surface area (TPSA) is 29.5 Å². The van der Waals surface area contributed by atoms with Gasteiger partial charge in [-0.1, -0.05) is 19.9 Å². The molecule has 0 saturated carbocycles. The van der Waals surface area contributed by atoms with Crippen molar-refractivity contribution < 1.29 is 9.53 Å².